The van der Waals surface area contributed by atoms with Crippen LogP contribution in [0.2, 0.25) is 0 Å². The average molecular weight is 348 g/mol. The van der Waals surface area contributed by atoms with Crippen LogP contribution in [-0.2, 0) is 11.3 Å². The van der Waals surface area contributed by atoms with Gasteiger partial charge in [0, 0.05) is 18.2 Å². The minimum atomic E-state index is -0.304. The van der Waals surface area contributed by atoms with Gasteiger partial charge in [-0.25, -0.2) is 4.39 Å². The third-order valence-electron chi connectivity index (χ3n) is 3.58. The molecule has 1 aliphatic rings. The van der Waals surface area contributed by atoms with Crippen molar-refractivity contribution in [3.8, 4) is 0 Å². The summed E-state index contributed by atoms with van der Waals surface area (Å²) in [5.41, 5.74) is 11.5. The molecule has 7 nitrogen and oxygen atoms in total. The van der Waals surface area contributed by atoms with E-state index >= 15 is 0 Å². The van der Waals surface area contributed by atoms with Gasteiger partial charge >= 0.3 is 0 Å². The van der Waals surface area contributed by atoms with Crippen LogP contribution < -0.4 is 11.5 Å². The maximum absolute atomic E-state index is 13.8. The molecule has 126 valence electrons. The third-order valence-corrected chi connectivity index (χ3v) is 4.41. The van der Waals surface area contributed by atoms with Crippen molar-refractivity contribution in [1.29, 1.82) is 0 Å². The van der Waals surface area contributed by atoms with Crippen molar-refractivity contribution >= 4 is 29.6 Å². The fraction of sp³-hybridized carbons (Fsp3) is 0.333. The quantitative estimate of drug-likeness (QED) is 0.760. The molecule has 9 heteroatoms. The van der Waals surface area contributed by atoms with Gasteiger partial charge < -0.3 is 16.4 Å². The molecule has 0 aliphatic heterocycles. The highest BCUT2D eigenvalue weighted by molar-refractivity contribution is 7.99. The summed E-state index contributed by atoms with van der Waals surface area (Å²) in [6.07, 6.45) is 1.88. The number of hydrogen-bond acceptors (Lipinski definition) is 7. The Morgan fingerprint density at radius 1 is 1.21 bits per heavy atom. The van der Waals surface area contributed by atoms with Crippen molar-refractivity contribution in [2.75, 3.05) is 17.2 Å². The highest BCUT2D eigenvalue weighted by Crippen LogP contribution is 2.30. The number of carbonyl (C=O) groups excluding carboxylic acids is 1. The average Bonchev–Trinajstić information content (AvgIpc) is 3.36. The first-order valence-corrected chi connectivity index (χ1v) is 8.44. The smallest absolute Gasteiger partial charge is 0.233 e. The Morgan fingerprint density at radius 2 is 1.88 bits per heavy atom. The normalized spacial score (nSPS) is 13.7. The van der Waals surface area contributed by atoms with Gasteiger partial charge in [-0.1, -0.05) is 30.0 Å². The van der Waals surface area contributed by atoms with Crippen LogP contribution in [-0.4, -0.2) is 37.6 Å². The number of benzene rings is 1. The second kappa shape index (κ2) is 7.00. The Hall–Kier alpha value is -2.42. The van der Waals surface area contributed by atoms with E-state index in [4.69, 9.17) is 11.5 Å². The molecule has 1 heterocycles. The number of nitrogens with two attached hydrogens (primary N) is 2. The minimum Gasteiger partial charge on any atom is -0.368 e. The number of carbonyl (C=O) groups is 1. The van der Waals surface area contributed by atoms with Crippen molar-refractivity contribution in [3.05, 3.63) is 35.6 Å². The van der Waals surface area contributed by atoms with Gasteiger partial charge in [-0.15, -0.1) is 0 Å². The molecule has 0 radical (unpaired) electrons. The number of nitrogen functional groups attached to an aromatic ring is 2. The first-order chi connectivity index (χ1) is 11.5. The highest BCUT2D eigenvalue weighted by atomic mass is 32.2. The summed E-state index contributed by atoms with van der Waals surface area (Å²) in [6.45, 7) is 0.262. The van der Waals surface area contributed by atoms with Crippen LogP contribution in [0.5, 0.6) is 0 Å². The zero-order valence-corrected chi connectivity index (χ0v) is 13.7. The predicted molar refractivity (Wildman–Crippen MR) is 89.3 cm³/mol. The summed E-state index contributed by atoms with van der Waals surface area (Å²) < 4.78 is 13.8. The number of aromatic nitrogens is 3. The van der Waals surface area contributed by atoms with Crippen LogP contribution in [0.4, 0.5) is 16.3 Å². The van der Waals surface area contributed by atoms with Gasteiger partial charge in [0.2, 0.25) is 17.8 Å². The van der Waals surface area contributed by atoms with Crippen molar-refractivity contribution in [2.45, 2.75) is 30.6 Å². The molecule has 0 bridgehead atoms. The van der Waals surface area contributed by atoms with Gasteiger partial charge in [0.05, 0.1) is 5.75 Å². The summed E-state index contributed by atoms with van der Waals surface area (Å²) >= 11 is 1.14. The lowest BCUT2D eigenvalue weighted by atomic mass is 10.2. The van der Waals surface area contributed by atoms with Gasteiger partial charge in [-0.05, 0) is 18.9 Å². The summed E-state index contributed by atoms with van der Waals surface area (Å²) in [5, 5.41) is 0.301. The van der Waals surface area contributed by atoms with E-state index in [0.717, 1.165) is 24.6 Å². The number of anilines is 2. The van der Waals surface area contributed by atoms with Crippen LogP contribution in [0.15, 0.2) is 29.4 Å². The van der Waals surface area contributed by atoms with E-state index in [9.17, 15) is 9.18 Å². The zero-order chi connectivity index (χ0) is 17.1. The molecule has 0 saturated heterocycles. The molecule has 1 saturated carbocycles. The lowest BCUT2D eigenvalue weighted by Crippen LogP contribution is -2.34. The molecule has 1 aromatic heterocycles. The minimum absolute atomic E-state index is 0.0165. The molecule has 3 rings (SSSR count). The van der Waals surface area contributed by atoms with Crippen molar-refractivity contribution in [3.63, 3.8) is 0 Å². The summed E-state index contributed by atoms with van der Waals surface area (Å²) in [6, 6.07) is 6.66. The molecular weight excluding hydrogens is 331 g/mol. The van der Waals surface area contributed by atoms with Gasteiger partial charge in [0.15, 0.2) is 5.16 Å². The van der Waals surface area contributed by atoms with E-state index in [0.29, 0.717) is 10.7 Å². The summed E-state index contributed by atoms with van der Waals surface area (Å²) in [5.74, 6) is -0.232. The molecule has 2 aromatic rings. The zero-order valence-electron chi connectivity index (χ0n) is 12.9. The number of amides is 1. The fourth-order valence-electron chi connectivity index (χ4n) is 2.28. The van der Waals surface area contributed by atoms with Gasteiger partial charge in [0.1, 0.15) is 5.82 Å². The lowest BCUT2D eigenvalue weighted by molar-refractivity contribution is -0.129. The summed E-state index contributed by atoms with van der Waals surface area (Å²) in [4.78, 5) is 25.8. The second-order valence-electron chi connectivity index (χ2n) is 5.47. The molecule has 0 unspecified atom stereocenters. The molecule has 1 aromatic carbocycles. The standard InChI is InChI=1S/C15H17FN6OS/c16-11-4-2-1-3-9(11)7-22(10-5-6-10)12(23)8-24-15-20-13(17)19-14(18)21-15/h1-4,10H,5-8H2,(H4,17,18,19,20,21). The number of nitrogens with zero attached hydrogens (tertiary/aromatic N) is 4. The second-order valence-corrected chi connectivity index (χ2v) is 6.41. The Kier molecular flexibility index (Phi) is 4.79. The van der Waals surface area contributed by atoms with Crippen molar-refractivity contribution < 1.29 is 9.18 Å². The Balaban J connectivity index is 1.65. The molecule has 1 fully saturated rings. The van der Waals surface area contributed by atoms with Crippen molar-refractivity contribution in [1.82, 2.24) is 19.9 Å². The van der Waals surface area contributed by atoms with Crippen LogP contribution in [0.3, 0.4) is 0 Å². The highest BCUT2D eigenvalue weighted by Gasteiger charge is 2.33. The molecule has 0 atom stereocenters. The van der Waals surface area contributed by atoms with Crippen LogP contribution in [0.1, 0.15) is 18.4 Å². The Morgan fingerprint density at radius 3 is 2.50 bits per heavy atom. The van der Waals surface area contributed by atoms with E-state index in [1.807, 2.05) is 0 Å². The molecule has 1 amide bonds. The number of rotatable bonds is 6. The van der Waals surface area contributed by atoms with Crippen LogP contribution >= 0.6 is 11.8 Å². The van der Waals surface area contributed by atoms with E-state index < -0.39 is 0 Å². The van der Waals surface area contributed by atoms with E-state index in [-0.39, 0.29) is 42.0 Å². The third kappa shape index (κ3) is 4.10. The monoisotopic (exact) mass is 348 g/mol. The maximum atomic E-state index is 13.8. The van der Waals surface area contributed by atoms with Gasteiger partial charge in [0.25, 0.3) is 0 Å². The molecule has 24 heavy (non-hydrogen) atoms. The van der Waals surface area contributed by atoms with Crippen LogP contribution in [0, 0.1) is 5.82 Å². The molecule has 4 N–H and O–H groups in total. The topological polar surface area (TPSA) is 111 Å². The molecular formula is C15H17FN6OS. The summed E-state index contributed by atoms with van der Waals surface area (Å²) in [7, 11) is 0. The lowest BCUT2D eigenvalue weighted by Gasteiger charge is -2.22. The van der Waals surface area contributed by atoms with Crippen LogP contribution in [0.25, 0.3) is 0 Å². The fourth-order valence-corrected chi connectivity index (χ4v) is 3.01. The number of halogens is 1. The number of thioether (sulfide) groups is 1. The Labute approximate surface area is 142 Å². The van der Waals surface area contributed by atoms with E-state index in [1.165, 1.54) is 6.07 Å². The Bertz CT molecular complexity index is 734. The predicted octanol–water partition coefficient (Wildman–Crippen LogP) is 1.46. The first-order valence-electron chi connectivity index (χ1n) is 7.45. The maximum Gasteiger partial charge on any atom is 0.233 e. The molecule has 0 spiro atoms. The van der Waals surface area contributed by atoms with E-state index in [2.05, 4.69) is 15.0 Å². The molecule has 1 aliphatic carbocycles. The largest absolute Gasteiger partial charge is 0.368 e. The first kappa shape index (κ1) is 16.4. The van der Waals surface area contributed by atoms with Crippen molar-refractivity contribution in [2.24, 2.45) is 0 Å². The van der Waals surface area contributed by atoms with Gasteiger partial charge in [-0.2, -0.15) is 15.0 Å². The SMILES string of the molecule is Nc1nc(N)nc(SCC(=O)N(Cc2ccccc2F)C2CC2)n1. The van der Waals surface area contributed by atoms with Gasteiger partial charge in [-0.3, -0.25) is 4.79 Å². The number of hydrogen-bond donors (Lipinski definition) is 2. The van der Waals surface area contributed by atoms with E-state index in [1.54, 1.807) is 23.1 Å².